The van der Waals surface area contributed by atoms with Crippen molar-refractivity contribution in [3.05, 3.63) is 53.6 Å². The van der Waals surface area contributed by atoms with Crippen LogP contribution in [0.1, 0.15) is 54.6 Å². The first-order chi connectivity index (χ1) is 13.6. The highest BCUT2D eigenvalue weighted by Gasteiger charge is 2.38. The Morgan fingerprint density at radius 1 is 1.25 bits per heavy atom. The number of carbonyl (C=O) groups excluding carboxylic acids is 1. The van der Waals surface area contributed by atoms with Crippen molar-refractivity contribution in [3.63, 3.8) is 0 Å². The molecule has 2 heterocycles. The van der Waals surface area contributed by atoms with Gasteiger partial charge in [-0.05, 0) is 49.4 Å². The Kier molecular flexibility index (Phi) is 5.49. The van der Waals surface area contributed by atoms with E-state index in [2.05, 4.69) is 21.4 Å². The molecule has 1 aliphatic heterocycles. The minimum atomic E-state index is -0.139. The smallest absolute Gasteiger partial charge is 0.269 e. The summed E-state index contributed by atoms with van der Waals surface area (Å²) in [6.45, 7) is 2.92. The van der Waals surface area contributed by atoms with Gasteiger partial charge in [0.15, 0.2) is 0 Å². The molecule has 0 bridgehead atoms. The van der Waals surface area contributed by atoms with Crippen molar-refractivity contribution in [2.24, 2.45) is 7.05 Å². The van der Waals surface area contributed by atoms with Crippen LogP contribution < -0.4 is 5.32 Å². The molecule has 1 aliphatic carbocycles. The van der Waals surface area contributed by atoms with Gasteiger partial charge in [-0.2, -0.15) is 5.10 Å². The number of likely N-dealkylation sites (tertiary alicyclic amines) is 1. The van der Waals surface area contributed by atoms with Gasteiger partial charge in [0.05, 0.1) is 0 Å². The number of halogens is 1. The summed E-state index contributed by atoms with van der Waals surface area (Å²) in [6, 6.07) is 9.13. The number of aromatic nitrogens is 2. The number of hydrogen-bond acceptors (Lipinski definition) is 3. The molecule has 1 saturated carbocycles. The third kappa shape index (κ3) is 3.97. The molecule has 28 heavy (non-hydrogen) atoms. The number of benzene rings is 1. The van der Waals surface area contributed by atoms with E-state index >= 15 is 0 Å². The third-order valence-corrected chi connectivity index (χ3v) is 6.50. The van der Waals surface area contributed by atoms with Crippen LogP contribution in [0.3, 0.4) is 0 Å². The van der Waals surface area contributed by atoms with Crippen LogP contribution in [0.25, 0.3) is 0 Å². The van der Waals surface area contributed by atoms with Crippen LogP contribution in [0.5, 0.6) is 0 Å². The van der Waals surface area contributed by atoms with Gasteiger partial charge in [-0.25, -0.2) is 4.39 Å². The Hall–Kier alpha value is -2.21. The minimum absolute atomic E-state index is 0.0505. The van der Waals surface area contributed by atoms with Gasteiger partial charge < -0.3 is 10.2 Å². The summed E-state index contributed by atoms with van der Waals surface area (Å²) in [5, 5.41) is 7.21. The van der Waals surface area contributed by atoms with Crippen molar-refractivity contribution >= 4 is 5.91 Å². The first-order valence-electron chi connectivity index (χ1n) is 10.3. The molecule has 0 unspecified atom stereocenters. The van der Waals surface area contributed by atoms with E-state index in [1.165, 1.54) is 18.9 Å². The summed E-state index contributed by atoms with van der Waals surface area (Å²) in [5.74, 6) is -0.189. The third-order valence-electron chi connectivity index (χ3n) is 6.50. The number of amides is 1. The normalized spacial score (nSPS) is 20.4. The fourth-order valence-corrected chi connectivity index (χ4v) is 4.93. The van der Waals surface area contributed by atoms with Crippen molar-refractivity contribution < 1.29 is 9.18 Å². The van der Waals surface area contributed by atoms with Crippen LogP contribution >= 0.6 is 0 Å². The Morgan fingerprint density at radius 2 is 2.00 bits per heavy atom. The Morgan fingerprint density at radius 3 is 2.64 bits per heavy atom. The van der Waals surface area contributed by atoms with E-state index in [1.54, 1.807) is 30.1 Å². The zero-order valence-corrected chi connectivity index (χ0v) is 16.5. The van der Waals surface area contributed by atoms with E-state index in [0.717, 1.165) is 50.9 Å². The van der Waals surface area contributed by atoms with Crippen LogP contribution in [-0.2, 0) is 12.5 Å². The van der Waals surface area contributed by atoms with Gasteiger partial charge in [-0.1, -0.05) is 25.0 Å². The van der Waals surface area contributed by atoms with Crippen molar-refractivity contribution in [2.75, 3.05) is 19.6 Å². The lowest BCUT2D eigenvalue weighted by molar-refractivity contribution is 0.0891. The van der Waals surface area contributed by atoms with Crippen LogP contribution in [0.15, 0.2) is 36.5 Å². The maximum absolute atomic E-state index is 13.8. The molecule has 2 fully saturated rings. The Labute approximate surface area is 165 Å². The van der Waals surface area contributed by atoms with Gasteiger partial charge in [-0.15, -0.1) is 0 Å². The summed E-state index contributed by atoms with van der Waals surface area (Å²) in [6.07, 6.45) is 8.24. The van der Waals surface area contributed by atoms with Crippen LogP contribution in [0.2, 0.25) is 0 Å². The molecule has 0 radical (unpaired) electrons. The van der Waals surface area contributed by atoms with Crippen LogP contribution in [0.4, 0.5) is 4.39 Å². The molecule has 0 atom stereocenters. The molecule has 2 aromatic rings. The quantitative estimate of drug-likeness (QED) is 0.861. The number of aryl methyl sites for hydroxylation is 1. The standard InChI is InChI=1S/C22H29FN4O/c1-26-20(7-12-24-26)21(28)25-19-8-13-27(14-9-19)16-22(10-2-3-11-22)17-5-4-6-18(23)15-17/h4-7,12,15,19H,2-3,8-11,13-14,16H2,1H3,(H,25,28). The molecular weight excluding hydrogens is 355 g/mol. The van der Waals surface area contributed by atoms with E-state index in [-0.39, 0.29) is 23.2 Å². The monoisotopic (exact) mass is 384 g/mol. The SMILES string of the molecule is Cn1nccc1C(=O)NC1CCN(CC2(c3cccc(F)c3)CCCC2)CC1. The number of nitrogens with zero attached hydrogens (tertiary/aromatic N) is 3. The molecule has 0 spiro atoms. The summed E-state index contributed by atoms with van der Waals surface area (Å²) in [4.78, 5) is 14.9. The first kappa shape index (κ1) is 19.1. The van der Waals surface area contributed by atoms with Crippen molar-refractivity contribution in [3.8, 4) is 0 Å². The lowest BCUT2D eigenvalue weighted by Gasteiger charge is -2.39. The highest BCUT2D eigenvalue weighted by atomic mass is 19.1. The van der Waals surface area contributed by atoms with Gasteiger partial charge in [0, 0.05) is 44.3 Å². The first-order valence-corrected chi connectivity index (χ1v) is 10.3. The van der Waals surface area contributed by atoms with Crippen LogP contribution in [-0.4, -0.2) is 46.3 Å². The molecule has 6 heteroatoms. The second-order valence-corrected chi connectivity index (χ2v) is 8.36. The maximum Gasteiger partial charge on any atom is 0.269 e. The molecule has 5 nitrogen and oxygen atoms in total. The Balaban J connectivity index is 1.35. The van der Waals surface area contributed by atoms with Crippen molar-refractivity contribution in [2.45, 2.75) is 50.0 Å². The van der Waals surface area contributed by atoms with Gasteiger partial charge in [0.2, 0.25) is 0 Å². The fourth-order valence-electron chi connectivity index (χ4n) is 4.93. The number of hydrogen-bond donors (Lipinski definition) is 1. The summed E-state index contributed by atoms with van der Waals surface area (Å²) in [5.41, 5.74) is 1.82. The summed E-state index contributed by atoms with van der Waals surface area (Å²) < 4.78 is 15.4. The average molecular weight is 384 g/mol. The highest BCUT2D eigenvalue weighted by molar-refractivity contribution is 5.92. The van der Waals surface area contributed by atoms with Gasteiger partial charge in [-0.3, -0.25) is 9.48 Å². The van der Waals surface area contributed by atoms with E-state index in [1.807, 2.05) is 6.07 Å². The second-order valence-electron chi connectivity index (χ2n) is 8.36. The summed E-state index contributed by atoms with van der Waals surface area (Å²) in [7, 11) is 1.78. The predicted octanol–water partition coefficient (Wildman–Crippen LogP) is 3.27. The molecular formula is C22H29FN4O. The maximum atomic E-state index is 13.8. The molecule has 1 N–H and O–H groups in total. The minimum Gasteiger partial charge on any atom is -0.348 e. The van der Waals surface area contributed by atoms with E-state index in [9.17, 15) is 9.18 Å². The lowest BCUT2D eigenvalue weighted by atomic mass is 9.78. The number of piperidine rings is 1. The molecule has 1 aromatic heterocycles. The zero-order chi connectivity index (χ0) is 19.6. The number of nitrogens with one attached hydrogen (secondary N) is 1. The highest BCUT2D eigenvalue weighted by Crippen LogP contribution is 2.42. The van der Waals surface area contributed by atoms with Gasteiger partial charge in [0.25, 0.3) is 5.91 Å². The molecule has 4 rings (SSSR count). The zero-order valence-electron chi connectivity index (χ0n) is 16.5. The topological polar surface area (TPSA) is 50.2 Å². The van der Waals surface area contributed by atoms with E-state index in [4.69, 9.17) is 0 Å². The largest absolute Gasteiger partial charge is 0.348 e. The Bertz CT molecular complexity index is 819. The molecule has 1 saturated heterocycles. The molecule has 1 amide bonds. The van der Waals surface area contributed by atoms with Crippen molar-refractivity contribution in [1.29, 1.82) is 0 Å². The average Bonchev–Trinajstić information content (AvgIpc) is 3.33. The van der Waals surface area contributed by atoms with Gasteiger partial charge in [0.1, 0.15) is 11.5 Å². The molecule has 2 aliphatic rings. The number of carbonyl (C=O) groups is 1. The van der Waals surface area contributed by atoms with E-state index < -0.39 is 0 Å². The fraction of sp³-hybridized carbons (Fsp3) is 0.545. The van der Waals surface area contributed by atoms with Crippen LogP contribution in [0, 0.1) is 5.82 Å². The summed E-state index contributed by atoms with van der Waals surface area (Å²) >= 11 is 0. The second kappa shape index (κ2) is 8.03. The predicted molar refractivity (Wildman–Crippen MR) is 107 cm³/mol. The lowest BCUT2D eigenvalue weighted by Crippen LogP contribution is -2.48. The molecule has 150 valence electrons. The molecule has 1 aromatic carbocycles. The van der Waals surface area contributed by atoms with E-state index in [0.29, 0.717) is 5.69 Å². The number of rotatable bonds is 5. The van der Waals surface area contributed by atoms with Gasteiger partial charge >= 0.3 is 0 Å². The van der Waals surface area contributed by atoms with Crippen molar-refractivity contribution in [1.82, 2.24) is 20.0 Å².